The summed E-state index contributed by atoms with van der Waals surface area (Å²) in [6, 6.07) is 2.01. The quantitative estimate of drug-likeness (QED) is 0.178. The van der Waals surface area contributed by atoms with Crippen molar-refractivity contribution >= 4 is 40.9 Å². The summed E-state index contributed by atoms with van der Waals surface area (Å²) in [6.45, 7) is 0. The molecule has 1 saturated carbocycles. The lowest BCUT2D eigenvalue weighted by Gasteiger charge is -2.50. The van der Waals surface area contributed by atoms with Crippen LogP contribution in [0.1, 0.15) is 17.5 Å². The van der Waals surface area contributed by atoms with Gasteiger partial charge in [0.1, 0.15) is 22.8 Å². The van der Waals surface area contributed by atoms with E-state index in [1.165, 1.54) is 11.0 Å². The van der Waals surface area contributed by atoms with Crippen molar-refractivity contribution in [2.24, 2.45) is 17.6 Å². The topological polar surface area (TPSA) is 239 Å². The number of likely N-dealkylation sites (N-methyl/N-ethyl adjacent to an activating group) is 1. The van der Waals surface area contributed by atoms with Crippen LogP contribution in [0.2, 0.25) is 0 Å². The molecule has 0 spiro atoms. The van der Waals surface area contributed by atoms with Crippen LogP contribution in [0, 0.1) is 11.8 Å². The fraction of sp³-hybridized carbons (Fsp3) is 0.370. The van der Waals surface area contributed by atoms with E-state index in [1.807, 2.05) is 19.0 Å². The van der Waals surface area contributed by atoms with Gasteiger partial charge in [-0.1, -0.05) is 0 Å². The zero-order valence-corrected chi connectivity index (χ0v) is 22.7. The first-order valence-corrected chi connectivity index (χ1v) is 12.3. The highest BCUT2D eigenvalue weighted by atomic mass is 16.4. The predicted octanol–water partition coefficient (Wildman–Crippen LogP) is -0.258. The molecule has 3 aliphatic carbocycles. The van der Waals surface area contributed by atoms with Crippen molar-refractivity contribution in [3.63, 3.8) is 0 Å². The number of aliphatic carboxylic acids is 2. The van der Waals surface area contributed by atoms with Crippen LogP contribution in [0.25, 0.3) is 5.76 Å². The molecule has 0 saturated heterocycles. The Morgan fingerprint density at radius 3 is 2.02 bits per heavy atom. The SMILES string of the molecule is CN(C)c1ccc(O)c2c1C[C@H]1C[C@H]3[C@H](N(C)C)C(=O)C(C(N)=O)=C(O)[C@@]3(O)C(=O)C1=C2O.O=C(O)/C=C\C(=O)O. The number of fused-ring (bicyclic) bond motifs is 3. The molecule has 4 atom stereocenters. The molecule has 0 unspecified atom stereocenters. The van der Waals surface area contributed by atoms with E-state index < -0.39 is 70.0 Å². The van der Waals surface area contributed by atoms with Crippen LogP contribution in [0.5, 0.6) is 5.75 Å². The molecule has 0 radical (unpaired) electrons. The third-order valence-electron chi connectivity index (χ3n) is 7.43. The number of aliphatic hydroxyl groups is 3. The number of primary amides is 1. The number of Topliss-reactive ketones (excluding diaryl/α,β-unsaturated/α-hetero) is 2. The molecule has 3 aliphatic rings. The molecule has 0 bridgehead atoms. The molecule has 0 heterocycles. The van der Waals surface area contributed by atoms with Crippen molar-refractivity contribution in [3.05, 3.63) is 52.3 Å². The number of phenols is 1. The van der Waals surface area contributed by atoms with Crippen LogP contribution in [-0.4, -0.2) is 105 Å². The summed E-state index contributed by atoms with van der Waals surface area (Å²) in [6.07, 6.45) is 1.44. The molecule has 4 rings (SSSR count). The van der Waals surface area contributed by atoms with Gasteiger partial charge >= 0.3 is 11.9 Å². The first-order chi connectivity index (χ1) is 19.0. The van der Waals surface area contributed by atoms with Crippen LogP contribution in [-0.2, 0) is 30.4 Å². The third kappa shape index (κ3) is 5.14. The van der Waals surface area contributed by atoms with Gasteiger partial charge < -0.3 is 41.3 Å². The van der Waals surface area contributed by atoms with Crippen molar-refractivity contribution < 1.29 is 54.6 Å². The van der Waals surface area contributed by atoms with Crippen molar-refractivity contribution in [3.8, 4) is 5.75 Å². The average Bonchev–Trinajstić information content (AvgIpc) is 2.84. The van der Waals surface area contributed by atoms with Gasteiger partial charge in [0.15, 0.2) is 11.4 Å². The number of aliphatic hydroxyl groups excluding tert-OH is 2. The van der Waals surface area contributed by atoms with Gasteiger partial charge in [0.25, 0.3) is 5.91 Å². The molecule has 41 heavy (non-hydrogen) atoms. The largest absolute Gasteiger partial charge is 0.508 e. The van der Waals surface area contributed by atoms with E-state index in [0.717, 1.165) is 5.69 Å². The van der Waals surface area contributed by atoms with E-state index in [4.69, 9.17) is 15.9 Å². The molecule has 220 valence electrons. The number of phenolic OH excluding ortho intramolecular Hbond substituents is 1. The lowest BCUT2D eigenvalue weighted by atomic mass is 9.57. The summed E-state index contributed by atoms with van der Waals surface area (Å²) in [5, 5.41) is 59.5. The van der Waals surface area contributed by atoms with Crippen molar-refractivity contribution in [2.45, 2.75) is 24.5 Å². The second-order valence-electron chi connectivity index (χ2n) is 10.3. The number of aromatic hydroxyl groups is 1. The molecule has 0 aromatic heterocycles. The Morgan fingerprint density at radius 1 is 1.00 bits per heavy atom. The second kappa shape index (κ2) is 11.1. The Kier molecular flexibility index (Phi) is 8.32. The van der Waals surface area contributed by atoms with Gasteiger partial charge in [0, 0.05) is 43.4 Å². The molecule has 14 nitrogen and oxygen atoms in total. The molecular weight excluding hydrogens is 542 g/mol. The zero-order chi connectivity index (χ0) is 31.1. The van der Waals surface area contributed by atoms with Crippen LogP contribution in [0.3, 0.4) is 0 Å². The van der Waals surface area contributed by atoms with E-state index in [-0.39, 0.29) is 29.7 Å². The van der Waals surface area contributed by atoms with E-state index in [2.05, 4.69) is 0 Å². The van der Waals surface area contributed by atoms with Crippen LogP contribution in [0.4, 0.5) is 5.69 Å². The lowest BCUT2D eigenvalue weighted by molar-refractivity contribution is -0.153. The van der Waals surface area contributed by atoms with E-state index >= 15 is 0 Å². The number of amides is 1. The van der Waals surface area contributed by atoms with Crippen molar-refractivity contribution in [1.82, 2.24) is 4.90 Å². The molecule has 1 amide bonds. The van der Waals surface area contributed by atoms with E-state index in [9.17, 15) is 44.4 Å². The smallest absolute Gasteiger partial charge is 0.328 e. The van der Waals surface area contributed by atoms with Crippen molar-refractivity contribution in [2.75, 3.05) is 33.1 Å². The van der Waals surface area contributed by atoms with Crippen LogP contribution < -0.4 is 10.6 Å². The second-order valence-corrected chi connectivity index (χ2v) is 10.3. The number of anilines is 1. The average molecular weight is 574 g/mol. The zero-order valence-electron chi connectivity index (χ0n) is 22.7. The Morgan fingerprint density at radius 2 is 1.56 bits per heavy atom. The Bertz CT molecular complexity index is 1420. The molecule has 8 N–H and O–H groups in total. The number of carboxylic acid groups (broad SMARTS) is 2. The van der Waals surface area contributed by atoms with E-state index in [1.54, 1.807) is 20.2 Å². The fourth-order valence-electron chi connectivity index (χ4n) is 5.79. The summed E-state index contributed by atoms with van der Waals surface area (Å²) in [7, 11) is 6.75. The minimum atomic E-state index is -2.63. The highest BCUT2D eigenvalue weighted by molar-refractivity contribution is 6.24. The number of carbonyl (C=O) groups excluding carboxylic acids is 3. The minimum absolute atomic E-state index is 0.0638. The van der Waals surface area contributed by atoms with Gasteiger partial charge in [0.05, 0.1) is 11.6 Å². The van der Waals surface area contributed by atoms with Gasteiger partial charge in [-0.25, -0.2) is 9.59 Å². The molecule has 1 aromatic carbocycles. The Hall–Kier alpha value is -4.69. The molecule has 1 fully saturated rings. The molecule has 14 heteroatoms. The molecular formula is C27H31N3O11. The van der Waals surface area contributed by atoms with E-state index in [0.29, 0.717) is 17.7 Å². The number of ketones is 2. The molecule has 1 aromatic rings. The normalized spacial score (nSPS) is 25.3. The standard InChI is InChI=1S/C23H27N3O7.C4H4O4/c1-25(2)12-5-6-13(27)15-10(12)7-9-8-11-17(26(3)4)19(29)16(22(24)32)21(31)23(11,33)20(30)14(9)18(15)28;5-3(6)1-2-4(7)8/h5-6,9,11,17,27-28,31,33H,7-8H2,1-4H3,(H2,24,32);1-2H,(H,5,6)(H,7,8)/b;2-1-/t9-,11-,17-,23-;/m0./s1. The van der Waals surface area contributed by atoms with Gasteiger partial charge in [-0.3, -0.25) is 19.3 Å². The number of nitrogens with zero attached hydrogens (tertiary/aromatic N) is 2. The first-order valence-electron chi connectivity index (χ1n) is 12.3. The third-order valence-corrected chi connectivity index (χ3v) is 7.43. The lowest BCUT2D eigenvalue weighted by Crippen LogP contribution is -2.65. The first kappa shape index (κ1) is 30.8. The summed E-state index contributed by atoms with van der Waals surface area (Å²) in [5.74, 6) is -9.05. The maximum absolute atomic E-state index is 13.7. The predicted molar refractivity (Wildman–Crippen MR) is 143 cm³/mol. The summed E-state index contributed by atoms with van der Waals surface area (Å²) in [4.78, 5) is 61.1. The summed E-state index contributed by atoms with van der Waals surface area (Å²) in [5.41, 5.74) is 3.15. The van der Waals surface area contributed by atoms with Crippen molar-refractivity contribution in [1.29, 1.82) is 0 Å². The van der Waals surface area contributed by atoms with Gasteiger partial charge in [-0.05, 0) is 50.6 Å². The van der Waals surface area contributed by atoms with Gasteiger partial charge in [-0.2, -0.15) is 0 Å². The number of hydrogen-bond acceptors (Lipinski definition) is 11. The maximum Gasteiger partial charge on any atom is 0.328 e. The molecule has 0 aliphatic heterocycles. The van der Waals surface area contributed by atoms with Crippen LogP contribution >= 0.6 is 0 Å². The Labute approximate surface area is 233 Å². The minimum Gasteiger partial charge on any atom is -0.508 e. The fourth-order valence-corrected chi connectivity index (χ4v) is 5.79. The van der Waals surface area contributed by atoms with Gasteiger partial charge in [-0.15, -0.1) is 0 Å². The number of rotatable bonds is 5. The highest BCUT2D eigenvalue weighted by Crippen LogP contribution is 2.53. The monoisotopic (exact) mass is 573 g/mol. The maximum atomic E-state index is 13.7. The summed E-state index contributed by atoms with van der Waals surface area (Å²) < 4.78 is 0. The Balaban J connectivity index is 0.000000507. The number of benzene rings is 1. The number of hydrogen-bond donors (Lipinski definition) is 7. The van der Waals surface area contributed by atoms with Crippen LogP contribution in [0.15, 0.2) is 41.2 Å². The summed E-state index contributed by atoms with van der Waals surface area (Å²) >= 11 is 0. The number of carbonyl (C=O) groups is 5. The highest BCUT2D eigenvalue weighted by Gasteiger charge is 2.64. The number of carboxylic acids is 2. The van der Waals surface area contributed by atoms with Gasteiger partial charge in [0.2, 0.25) is 5.78 Å². The number of nitrogens with two attached hydrogens (primary N) is 1.